The van der Waals surface area contributed by atoms with Gasteiger partial charge >= 0.3 is 7.82 Å². The lowest BCUT2D eigenvalue weighted by atomic mass is 10.3. The smallest absolute Gasteiger partial charge is 0.404 e. The summed E-state index contributed by atoms with van der Waals surface area (Å²) in [5.41, 5.74) is 6.49. The Morgan fingerprint density at radius 2 is 1.67 bits per heavy atom. The van der Waals surface area contributed by atoms with E-state index >= 15 is 0 Å². The van der Waals surface area contributed by atoms with Crippen LogP contribution in [0.4, 0.5) is 5.13 Å². The van der Waals surface area contributed by atoms with Crippen molar-refractivity contribution in [2.24, 2.45) is 0 Å². The minimum atomic E-state index is -4.39. The molecule has 0 fully saturated rings. The first-order valence-electron chi connectivity index (χ1n) is 5.85. The van der Waals surface area contributed by atoms with Gasteiger partial charge in [0.2, 0.25) is 0 Å². The van der Waals surface area contributed by atoms with Gasteiger partial charge in [0, 0.05) is 0 Å². The molecule has 1 aromatic heterocycles. The molecule has 0 unspecified atom stereocenters. The number of nitrogens with two attached hydrogens (primary N) is 1. The maximum absolute atomic E-state index is 10.3. The molecule has 2 aromatic carbocycles. The van der Waals surface area contributed by atoms with Gasteiger partial charge in [0.1, 0.15) is 5.75 Å². The Labute approximate surface area is 125 Å². The van der Waals surface area contributed by atoms with Crippen LogP contribution in [0.1, 0.15) is 0 Å². The molecule has 21 heavy (non-hydrogen) atoms. The number of phosphoric acid groups is 1. The molecule has 110 valence electrons. The molecule has 0 aliphatic carbocycles. The number of rotatable bonds is 2. The summed E-state index contributed by atoms with van der Waals surface area (Å²) in [5, 5.41) is 0.640. The van der Waals surface area contributed by atoms with Crippen LogP contribution in [-0.4, -0.2) is 14.8 Å². The van der Waals surface area contributed by atoms with E-state index < -0.39 is 7.82 Å². The Kier molecular flexibility index (Phi) is 4.93. The average Bonchev–Trinajstić information content (AvgIpc) is 2.78. The van der Waals surface area contributed by atoms with Crippen molar-refractivity contribution >= 4 is 34.5 Å². The fraction of sp³-hybridized carbons (Fsp3) is 0. The van der Waals surface area contributed by atoms with E-state index in [4.69, 9.17) is 15.5 Å². The van der Waals surface area contributed by atoms with Crippen LogP contribution in [0.2, 0.25) is 0 Å². The fourth-order valence-corrected chi connectivity index (χ4v) is 2.64. The van der Waals surface area contributed by atoms with Crippen molar-refractivity contribution in [3.8, 4) is 5.75 Å². The lowest BCUT2D eigenvalue weighted by molar-refractivity contribution is 0.283. The molecule has 0 radical (unpaired) electrons. The standard InChI is InChI=1S/C7H6N2S.C6H7O4P/c8-7-9-5-3-1-2-4-6(5)10-7;7-11(8,9)10-6-4-2-1-3-5-6/h1-4H,(H2,8,9);1-5H,(H2,7,8,9). The van der Waals surface area contributed by atoms with E-state index in [1.807, 2.05) is 24.3 Å². The summed E-state index contributed by atoms with van der Waals surface area (Å²) in [7, 11) is -4.39. The molecule has 1 heterocycles. The number of nitrogens with zero attached hydrogens (tertiary/aromatic N) is 1. The molecule has 4 N–H and O–H groups in total. The number of anilines is 1. The molecule has 0 spiro atoms. The van der Waals surface area contributed by atoms with E-state index in [1.165, 1.54) is 23.5 Å². The molecule has 0 atom stereocenters. The van der Waals surface area contributed by atoms with Crippen molar-refractivity contribution < 1.29 is 18.9 Å². The van der Waals surface area contributed by atoms with Crippen LogP contribution in [0.5, 0.6) is 5.75 Å². The van der Waals surface area contributed by atoms with E-state index in [1.54, 1.807) is 18.2 Å². The second kappa shape index (κ2) is 6.69. The topological polar surface area (TPSA) is 106 Å². The van der Waals surface area contributed by atoms with E-state index in [2.05, 4.69) is 9.51 Å². The highest BCUT2D eigenvalue weighted by Crippen LogP contribution is 2.36. The number of nitrogen functional groups attached to an aromatic ring is 1. The Balaban J connectivity index is 0.000000154. The summed E-state index contributed by atoms with van der Waals surface area (Å²) in [6.45, 7) is 0. The van der Waals surface area contributed by atoms with Crippen LogP contribution in [0.25, 0.3) is 10.2 Å². The maximum Gasteiger partial charge on any atom is 0.524 e. The van der Waals surface area contributed by atoms with E-state index in [0.717, 1.165) is 10.2 Å². The van der Waals surface area contributed by atoms with Gasteiger partial charge < -0.3 is 10.3 Å². The second-order valence-corrected chi connectivity index (χ2v) is 6.14. The van der Waals surface area contributed by atoms with Crippen LogP contribution in [0.15, 0.2) is 54.6 Å². The minimum absolute atomic E-state index is 0.167. The van der Waals surface area contributed by atoms with Gasteiger partial charge in [0.25, 0.3) is 0 Å². The molecule has 0 amide bonds. The van der Waals surface area contributed by atoms with E-state index in [-0.39, 0.29) is 5.75 Å². The summed E-state index contributed by atoms with van der Waals surface area (Å²) in [6, 6.07) is 15.9. The molecule has 6 nitrogen and oxygen atoms in total. The Bertz CT molecular complexity index is 724. The number of aromatic nitrogens is 1. The highest BCUT2D eigenvalue weighted by Gasteiger charge is 2.14. The summed E-state index contributed by atoms with van der Waals surface area (Å²) < 4.78 is 15.7. The number of hydrogen-bond acceptors (Lipinski definition) is 5. The predicted octanol–water partition coefficient (Wildman–Crippen LogP) is 3.04. The van der Waals surface area contributed by atoms with Crippen LogP contribution in [0, 0.1) is 0 Å². The van der Waals surface area contributed by atoms with Crippen LogP contribution < -0.4 is 10.3 Å². The van der Waals surface area contributed by atoms with Crippen molar-refractivity contribution in [1.82, 2.24) is 4.98 Å². The maximum atomic E-state index is 10.3. The lowest BCUT2D eigenvalue weighted by Crippen LogP contribution is -1.88. The first-order chi connectivity index (χ1) is 9.94. The van der Waals surface area contributed by atoms with Gasteiger partial charge in [-0.3, -0.25) is 9.79 Å². The Hall–Kier alpha value is -1.92. The normalized spacial score (nSPS) is 10.8. The monoisotopic (exact) mass is 324 g/mol. The molecule has 8 heteroatoms. The number of hydrogen-bond donors (Lipinski definition) is 3. The summed E-state index contributed by atoms with van der Waals surface area (Å²) in [4.78, 5) is 20.8. The van der Waals surface area contributed by atoms with Crippen LogP contribution >= 0.6 is 19.2 Å². The van der Waals surface area contributed by atoms with Crippen molar-refractivity contribution in [3.05, 3.63) is 54.6 Å². The number of para-hydroxylation sites is 2. The first-order valence-corrected chi connectivity index (χ1v) is 8.20. The number of thiazole rings is 1. The summed E-state index contributed by atoms with van der Waals surface area (Å²) in [5.74, 6) is 0.167. The van der Waals surface area contributed by atoms with Crippen molar-refractivity contribution in [2.75, 3.05) is 5.73 Å². The van der Waals surface area contributed by atoms with Gasteiger partial charge in [0.15, 0.2) is 5.13 Å². The molecule has 0 saturated carbocycles. The highest BCUT2D eigenvalue weighted by atomic mass is 32.1. The fourth-order valence-electron chi connectivity index (χ4n) is 1.51. The third kappa shape index (κ3) is 5.17. The zero-order valence-electron chi connectivity index (χ0n) is 10.8. The largest absolute Gasteiger partial charge is 0.524 e. The summed E-state index contributed by atoms with van der Waals surface area (Å²) >= 11 is 1.52. The van der Waals surface area contributed by atoms with Gasteiger partial charge in [-0.05, 0) is 24.3 Å². The van der Waals surface area contributed by atoms with Crippen molar-refractivity contribution in [1.29, 1.82) is 0 Å². The van der Waals surface area contributed by atoms with Crippen molar-refractivity contribution in [2.45, 2.75) is 0 Å². The van der Waals surface area contributed by atoms with E-state index in [0.29, 0.717) is 5.13 Å². The molecule has 0 saturated heterocycles. The zero-order chi connectivity index (χ0) is 15.3. The Morgan fingerprint density at radius 3 is 2.29 bits per heavy atom. The highest BCUT2D eigenvalue weighted by molar-refractivity contribution is 7.46. The molecule has 0 aliphatic heterocycles. The molecule has 0 bridgehead atoms. The number of phosphoric ester groups is 1. The predicted molar refractivity (Wildman–Crippen MR) is 83.1 cm³/mol. The first kappa shape index (κ1) is 15.5. The third-order valence-electron chi connectivity index (χ3n) is 2.28. The average molecular weight is 324 g/mol. The minimum Gasteiger partial charge on any atom is -0.404 e. The van der Waals surface area contributed by atoms with Crippen molar-refractivity contribution in [3.63, 3.8) is 0 Å². The van der Waals surface area contributed by atoms with Gasteiger partial charge in [0.05, 0.1) is 10.2 Å². The van der Waals surface area contributed by atoms with Crippen LogP contribution in [0.3, 0.4) is 0 Å². The summed E-state index contributed by atoms with van der Waals surface area (Å²) in [6.07, 6.45) is 0. The molecular weight excluding hydrogens is 311 g/mol. The molecule has 3 aromatic rings. The molecule has 3 rings (SSSR count). The third-order valence-corrected chi connectivity index (χ3v) is 3.59. The Morgan fingerprint density at radius 1 is 1.05 bits per heavy atom. The molecule has 0 aliphatic rings. The van der Waals surface area contributed by atoms with E-state index in [9.17, 15) is 4.57 Å². The molecular formula is C13H13N2O4PS. The number of benzene rings is 2. The quantitative estimate of drug-likeness (QED) is 0.626. The van der Waals surface area contributed by atoms with Gasteiger partial charge in [-0.1, -0.05) is 41.7 Å². The second-order valence-electron chi connectivity index (χ2n) is 3.91. The SMILES string of the molecule is Nc1nc2ccccc2s1.O=P(O)(O)Oc1ccccc1. The van der Waals surface area contributed by atoms with Gasteiger partial charge in [-0.2, -0.15) is 0 Å². The van der Waals surface area contributed by atoms with Gasteiger partial charge in [-0.15, -0.1) is 0 Å². The zero-order valence-corrected chi connectivity index (χ0v) is 12.5. The lowest BCUT2D eigenvalue weighted by Gasteiger charge is -2.04. The number of fused-ring (bicyclic) bond motifs is 1. The van der Waals surface area contributed by atoms with Crippen LogP contribution in [-0.2, 0) is 4.57 Å². The van der Waals surface area contributed by atoms with Gasteiger partial charge in [-0.25, -0.2) is 9.55 Å².